The molecule has 0 radical (unpaired) electrons. The fourth-order valence-corrected chi connectivity index (χ4v) is 3.78. The molecule has 2 amide bonds. The normalized spacial score (nSPS) is 18.4. The van der Waals surface area contributed by atoms with E-state index < -0.39 is 25.1 Å². The predicted octanol–water partition coefficient (Wildman–Crippen LogP) is 3.48. The van der Waals surface area contributed by atoms with Gasteiger partial charge in [0.25, 0.3) is 6.43 Å². The molecule has 1 aliphatic carbocycles. The van der Waals surface area contributed by atoms with Gasteiger partial charge in [-0.25, -0.2) is 13.6 Å². The van der Waals surface area contributed by atoms with Crippen molar-refractivity contribution in [2.45, 2.75) is 44.1 Å². The lowest BCUT2D eigenvalue weighted by Crippen LogP contribution is -2.41. The molecule has 3 rings (SSSR count). The van der Waals surface area contributed by atoms with Gasteiger partial charge in [0, 0.05) is 23.7 Å². The highest BCUT2D eigenvalue weighted by Gasteiger charge is 2.34. The Kier molecular flexibility index (Phi) is 6.86. The standard InChI is InChI=1S/C20H24F2N4O4/c1-30-15-6-2-12(3-7-15)8-19(27)23-18-10-16(24-25-18)13-4-5-14(9-13)26(20(28)29)11-17(21)22/h2-3,6-7,10,13-14,17H,4-5,8-9,11H2,1H3,(H,28,29)(H2,23,24,25,27)/t13-,14+/m0/s1. The second-order valence-electron chi connectivity index (χ2n) is 7.27. The van der Waals surface area contributed by atoms with E-state index in [2.05, 4.69) is 15.5 Å². The number of amides is 2. The molecule has 1 aromatic heterocycles. The monoisotopic (exact) mass is 422 g/mol. The van der Waals surface area contributed by atoms with Gasteiger partial charge in [-0.05, 0) is 37.0 Å². The maximum atomic E-state index is 12.7. The molecule has 8 nitrogen and oxygen atoms in total. The van der Waals surface area contributed by atoms with Gasteiger partial charge in [0.2, 0.25) is 5.91 Å². The molecule has 0 aliphatic heterocycles. The number of ether oxygens (including phenoxy) is 1. The zero-order chi connectivity index (χ0) is 21.7. The van der Waals surface area contributed by atoms with Crippen LogP contribution in [-0.2, 0) is 11.2 Å². The number of benzene rings is 1. The zero-order valence-electron chi connectivity index (χ0n) is 16.5. The zero-order valence-corrected chi connectivity index (χ0v) is 16.5. The fraction of sp³-hybridized carbons (Fsp3) is 0.450. The van der Waals surface area contributed by atoms with Crippen LogP contribution in [0, 0.1) is 0 Å². The van der Waals surface area contributed by atoms with E-state index in [-0.39, 0.29) is 18.2 Å². The molecule has 0 spiro atoms. The number of carboxylic acid groups (broad SMARTS) is 1. The minimum absolute atomic E-state index is 0.0331. The summed E-state index contributed by atoms with van der Waals surface area (Å²) >= 11 is 0. The fourth-order valence-electron chi connectivity index (χ4n) is 3.78. The van der Waals surface area contributed by atoms with Gasteiger partial charge in [-0.1, -0.05) is 12.1 Å². The number of nitrogens with zero attached hydrogens (tertiary/aromatic N) is 2. The highest BCUT2D eigenvalue weighted by Crippen LogP contribution is 2.37. The van der Waals surface area contributed by atoms with E-state index in [1.165, 1.54) is 0 Å². The summed E-state index contributed by atoms with van der Waals surface area (Å²) in [7, 11) is 1.57. The van der Waals surface area contributed by atoms with Crippen molar-refractivity contribution in [3.63, 3.8) is 0 Å². The first kappa shape index (κ1) is 21.5. The number of aromatic amines is 1. The summed E-state index contributed by atoms with van der Waals surface area (Å²) < 4.78 is 30.4. The molecular formula is C20H24F2N4O4. The Balaban J connectivity index is 1.55. The number of methoxy groups -OCH3 is 1. The molecule has 0 bridgehead atoms. The summed E-state index contributed by atoms with van der Waals surface area (Å²) in [4.78, 5) is 24.4. The molecular weight excluding hydrogens is 398 g/mol. The van der Waals surface area contributed by atoms with Gasteiger partial charge in [0.15, 0.2) is 5.82 Å². The summed E-state index contributed by atoms with van der Waals surface area (Å²) in [6.07, 6.45) is -2.28. The van der Waals surface area contributed by atoms with Crippen molar-refractivity contribution in [2.24, 2.45) is 0 Å². The van der Waals surface area contributed by atoms with E-state index in [1.807, 2.05) is 0 Å². The molecule has 1 heterocycles. The molecule has 1 aromatic carbocycles. The minimum atomic E-state index is -2.71. The van der Waals surface area contributed by atoms with Crippen LogP contribution in [0.4, 0.5) is 19.4 Å². The summed E-state index contributed by atoms with van der Waals surface area (Å²) in [5.74, 6) is 0.821. The first-order valence-corrected chi connectivity index (χ1v) is 9.61. The van der Waals surface area contributed by atoms with Crippen LogP contribution in [0.3, 0.4) is 0 Å². The molecule has 30 heavy (non-hydrogen) atoms. The maximum absolute atomic E-state index is 12.7. The number of nitrogens with one attached hydrogen (secondary N) is 2. The van der Waals surface area contributed by atoms with Gasteiger partial charge < -0.3 is 15.2 Å². The average molecular weight is 422 g/mol. The third-order valence-corrected chi connectivity index (χ3v) is 5.25. The molecule has 2 atom stereocenters. The van der Waals surface area contributed by atoms with Crippen LogP contribution in [0.15, 0.2) is 30.3 Å². The van der Waals surface area contributed by atoms with Gasteiger partial charge in [-0.15, -0.1) is 0 Å². The lowest BCUT2D eigenvalue weighted by molar-refractivity contribution is -0.115. The quantitative estimate of drug-likeness (QED) is 0.604. The third-order valence-electron chi connectivity index (χ3n) is 5.25. The number of rotatable bonds is 8. The van der Waals surface area contributed by atoms with Crippen molar-refractivity contribution in [3.8, 4) is 5.75 Å². The van der Waals surface area contributed by atoms with Gasteiger partial charge in [0.05, 0.1) is 20.1 Å². The van der Waals surface area contributed by atoms with Crippen LogP contribution >= 0.6 is 0 Å². The molecule has 0 unspecified atom stereocenters. The van der Waals surface area contributed by atoms with Crippen LogP contribution in [0.25, 0.3) is 0 Å². The number of anilines is 1. The Hall–Kier alpha value is -3.17. The van der Waals surface area contributed by atoms with Crippen LogP contribution in [-0.4, -0.2) is 58.3 Å². The van der Waals surface area contributed by atoms with Gasteiger partial charge in [-0.2, -0.15) is 5.10 Å². The van der Waals surface area contributed by atoms with Crippen LogP contribution in [0.5, 0.6) is 5.75 Å². The average Bonchev–Trinajstić information content (AvgIpc) is 3.36. The minimum Gasteiger partial charge on any atom is -0.497 e. The summed E-state index contributed by atoms with van der Waals surface area (Å²) in [5, 5.41) is 18.9. The molecule has 162 valence electrons. The second-order valence-corrected chi connectivity index (χ2v) is 7.27. The molecule has 1 fully saturated rings. The van der Waals surface area contributed by atoms with E-state index in [4.69, 9.17) is 4.74 Å². The first-order chi connectivity index (χ1) is 14.4. The molecule has 0 saturated heterocycles. The second kappa shape index (κ2) is 9.55. The van der Waals surface area contributed by atoms with E-state index in [0.29, 0.717) is 30.8 Å². The topological polar surface area (TPSA) is 108 Å². The Morgan fingerprint density at radius 3 is 2.70 bits per heavy atom. The Morgan fingerprint density at radius 2 is 2.07 bits per heavy atom. The summed E-state index contributed by atoms with van der Waals surface area (Å²) in [5.41, 5.74) is 1.58. The number of hydrogen-bond acceptors (Lipinski definition) is 4. The number of carbonyl (C=O) groups excluding carboxylic acids is 1. The Labute approximate surface area is 172 Å². The van der Waals surface area contributed by atoms with Crippen molar-refractivity contribution in [1.29, 1.82) is 0 Å². The van der Waals surface area contributed by atoms with Crippen molar-refractivity contribution in [3.05, 3.63) is 41.6 Å². The van der Waals surface area contributed by atoms with Crippen LogP contribution in [0.1, 0.15) is 36.4 Å². The third kappa shape index (κ3) is 5.46. The number of alkyl halides is 2. The van der Waals surface area contributed by atoms with Gasteiger partial charge in [0.1, 0.15) is 5.75 Å². The van der Waals surface area contributed by atoms with E-state index in [9.17, 15) is 23.5 Å². The van der Waals surface area contributed by atoms with Gasteiger partial charge in [-0.3, -0.25) is 14.8 Å². The number of aromatic nitrogens is 2. The highest BCUT2D eigenvalue weighted by molar-refractivity contribution is 5.91. The van der Waals surface area contributed by atoms with E-state index in [1.54, 1.807) is 37.4 Å². The Bertz CT molecular complexity index is 872. The molecule has 3 N–H and O–H groups in total. The van der Waals surface area contributed by atoms with Crippen molar-refractivity contribution in [1.82, 2.24) is 15.1 Å². The van der Waals surface area contributed by atoms with Crippen molar-refractivity contribution in [2.75, 3.05) is 19.0 Å². The Morgan fingerprint density at radius 1 is 1.33 bits per heavy atom. The van der Waals surface area contributed by atoms with Crippen molar-refractivity contribution < 1.29 is 28.2 Å². The number of carbonyl (C=O) groups is 2. The highest BCUT2D eigenvalue weighted by atomic mass is 19.3. The molecule has 10 heteroatoms. The number of halogens is 2. The number of H-pyrrole nitrogens is 1. The predicted molar refractivity (Wildman–Crippen MR) is 105 cm³/mol. The summed E-state index contributed by atoms with van der Waals surface area (Å²) in [6.45, 7) is -0.789. The summed E-state index contributed by atoms with van der Waals surface area (Å²) in [6, 6.07) is 8.41. The van der Waals surface area contributed by atoms with Gasteiger partial charge >= 0.3 is 6.09 Å². The number of hydrogen-bond donors (Lipinski definition) is 3. The largest absolute Gasteiger partial charge is 0.497 e. The maximum Gasteiger partial charge on any atom is 0.407 e. The smallest absolute Gasteiger partial charge is 0.407 e. The van der Waals surface area contributed by atoms with Crippen LogP contribution in [0.2, 0.25) is 0 Å². The lowest BCUT2D eigenvalue weighted by Gasteiger charge is -2.25. The first-order valence-electron chi connectivity index (χ1n) is 9.61. The SMILES string of the molecule is COc1ccc(CC(=O)Nc2cc([C@H]3CC[C@@H](N(CC(F)F)C(=O)O)C3)[nH]n2)cc1. The molecule has 1 saturated carbocycles. The van der Waals surface area contributed by atoms with Crippen molar-refractivity contribution >= 4 is 17.8 Å². The van der Waals surface area contributed by atoms with E-state index >= 15 is 0 Å². The van der Waals surface area contributed by atoms with Crippen LogP contribution < -0.4 is 10.1 Å². The molecule has 1 aliphatic rings. The van der Waals surface area contributed by atoms with E-state index in [0.717, 1.165) is 16.2 Å². The lowest BCUT2D eigenvalue weighted by atomic mass is 10.0. The molecule has 2 aromatic rings.